The van der Waals surface area contributed by atoms with Gasteiger partial charge in [0.1, 0.15) is 5.38 Å². The van der Waals surface area contributed by atoms with Crippen molar-refractivity contribution in [1.29, 1.82) is 0 Å². The van der Waals surface area contributed by atoms with Crippen LogP contribution in [-0.2, 0) is 14.3 Å². The molecule has 0 aliphatic rings. The lowest BCUT2D eigenvalue weighted by atomic mass is 10.0. The van der Waals surface area contributed by atoms with Crippen LogP contribution in [0.4, 0.5) is 0 Å². The van der Waals surface area contributed by atoms with Gasteiger partial charge in [0, 0.05) is 0 Å². The van der Waals surface area contributed by atoms with E-state index in [2.05, 4.69) is 4.74 Å². The summed E-state index contributed by atoms with van der Waals surface area (Å²) >= 11 is 5.90. The van der Waals surface area contributed by atoms with Gasteiger partial charge in [0.15, 0.2) is 0 Å². The van der Waals surface area contributed by atoms with Crippen molar-refractivity contribution in [3.8, 4) is 0 Å². The highest BCUT2D eigenvalue weighted by Crippen LogP contribution is 2.24. The zero-order chi connectivity index (χ0) is 12.3. The summed E-state index contributed by atoms with van der Waals surface area (Å²) < 4.78 is 4.34. The summed E-state index contributed by atoms with van der Waals surface area (Å²) in [5.41, 5.74) is 2.75. The standard InChI is InChI=1S/C12H13ClO3/c1-7-4-5-9(6-8(7)2)10(13)11(14)12(15)16-3/h4-6,10H,1-3H3. The van der Waals surface area contributed by atoms with E-state index in [1.165, 1.54) is 0 Å². The molecule has 3 nitrogen and oxygen atoms in total. The Balaban J connectivity index is 2.96. The van der Waals surface area contributed by atoms with Crippen LogP contribution in [0.5, 0.6) is 0 Å². The Hall–Kier alpha value is -1.35. The topological polar surface area (TPSA) is 43.4 Å². The Morgan fingerprint density at radius 1 is 1.25 bits per heavy atom. The van der Waals surface area contributed by atoms with Crippen molar-refractivity contribution in [1.82, 2.24) is 0 Å². The van der Waals surface area contributed by atoms with Crippen molar-refractivity contribution in [3.63, 3.8) is 0 Å². The second-order valence-corrected chi connectivity index (χ2v) is 4.00. The zero-order valence-electron chi connectivity index (χ0n) is 9.41. The number of methoxy groups -OCH3 is 1. The molecule has 0 saturated heterocycles. The van der Waals surface area contributed by atoms with Crippen molar-refractivity contribution in [2.75, 3.05) is 7.11 Å². The zero-order valence-corrected chi connectivity index (χ0v) is 10.2. The van der Waals surface area contributed by atoms with Gasteiger partial charge in [-0.1, -0.05) is 18.2 Å². The number of hydrogen-bond acceptors (Lipinski definition) is 3. The second-order valence-electron chi connectivity index (χ2n) is 3.56. The van der Waals surface area contributed by atoms with Gasteiger partial charge >= 0.3 is 5.97 Å². The molecule has 86 valence electrons. The maximum Gasteiger partial charge on any atom is 0.376 e. The highest BCUT2D eigenvalue weighted by atomic mass is 35.5. The largest absolute Gasteiger partial charge is 0.463 e. The summed E-state index contributed by atoms with van der Waals surface area (Å²) in [4.78, 5) is 22.5. The summed E-state index contributed by atoms with van der Waals surface area (Å²) in [7, 11) is 1.16. The number of benzene rings is 1. The predicted octanol–water partition coefficient (Wildman–Crippen LogP) is 2.33. The maximum atomic E-state index is 11.5. The van der Waals surface area contributed by atoms with Crippen LogP contribution in [0, 0.1) is 13.8 Å². The Labute approximate surface area is 99.4 Å². The molecule has 1 aromatic rings. The number of alkyl halides is 1. The number of carbonyl (C=O) groups is 2. The van der Waals surface area contributed by atoms with E-state index < -0.39 is 17.1 Å². The summed E-state index contributed by atoms with van der Waals surface area (Å²) in [6.45, 7) is 3.88. The van der Waals surface area contributed by atoms with E-state index in [0.29, 0.717) is 5.56 Å². The van der Waals surface area contributed by atoms with Gasteiger partial charge in [-0.25, -0.2) is 4.79 Å². The van der Waals surface area contributed by atoms with Gasteiger partial charge in [-0.05, 0) is 30.5 Å². The average Bonchev–Trinajstić information content (AvgIpc) is 2.29. The fourth-order valence-electron chi connectivity index (χ4n) is 1.28. The number of esters is 1. The average molecular weight is 241 g/mol. The number of rotatable bonds is 3. The van der Waals surface area contributed by atoms with Gasteiger partial charge < -0.3 is 4.74 Å². The molecule has 4 heteroatoms. The minimum absolute atomic E-state index is 0.611. The van der Waals surface area contributed by atoms with Crippen molar-refractivity contribution < 1.29 is 14.3 Å². The van der Waals surface area contributed by atoms with Gasteiger partial charge in [0.2, 0.25) is 0 Å². The lowest BCUT2D eigenvalue weighted by Crippen LogP contribution is -2.20. The molecule has 0 radical (unpaired) electrons. The second kappa shape index (κ2) is 5.12. The van der Waals surface area contributed by atoms with Gasteiger partial charge in [0.05, 0.1) is 7.11 Å². The number of hydrogen-bond donors (Lipinski definition) is 0. The van der Waals surface area contributed by atoms with E-state index in [0.717, 1.165) is 18.2 Å². The number of halogens is 1. The molecule has 0 bridgehead atoms. The smallest absolute Gasteiger partial charge is 0.376 e. The number of ether oxygens (including phenoxy) is 1. The van der Waals surface area contributed by atoms with Crippen LogP contribution in [0.1, 0.15) is 22.1 Å². The fourth-order valence-corrected chi connectivity index (χ4v) is 1.50. The first-order chi connectivity index (χ1) is 7.47. The van der Waals surface area contributed by atoms with E-state index in [9.17, 15) is 9.59 Å². The molecule has 1 rings (SSSR count). The number of aryl methyl sites for hydroxylation is 2. The lowest BCUT2D eigenvalue weighted by Gasteiger charge is -2.09. The van der Waals surface area contributed by atoms with Crippen molar-refractivity contribution in [2.45, 2.75) is 19.2 Å². The monoisotopic (exact) mass is 240 g/mol. The predicted molar refractivity (Wildman–Crippen MR) is 61.5 cm³/mol. The Morgan fingerprint density at radius 2 is 1.88 bits per heavy atom. The number of Topliss-reactive ketones (excluding diaryl/α,β-unsaturated/α-hetero) is 1. The van der Waals surface area contributed by atoms with Crippen LogP contribution < -0.4 is 0 Å². The number of ketones is 1. The van der Waals surface area contributed by atoms with Crippen molar-refractivity contribution in [2.24, 2.45) is 0 Å². The molecule has 0 aromatic heterocycles. The van der Waals surface area contributed by atoms with Crippen LogP contribution in [0.3, 0.4) is 0 Å². The van der Waals surface area contributed by atoms with Gasteiger partial charge in [-0.3, -0.25) is 4.79 Å². The number of carbonyl (C=O) groups excluding carboxylic acids is 2. The molecule has 0 aliphatic carbocycles. The molecule has 1 unspecified atom stereocenters. The Kier molecular flexibility index (Phi) is 4.07. The highest BCUT2D eigenvalue weighted by molar-refractivity contribution is 6.47. The van der Waals surface area contributed by atoms with Crippen molar-refractivity contribution >= 4 is 23.4 Å². The lowest BCUT2D eigenvalue weighted by molar-refractivity contribution is -0.151. The van der Waals surface area contributed by atoms with Crippen LogP contribution in [0.25, 0.3) is 0 Å². The summed E-state index contributed by atoms with van der Waals surface area (Å²) in [5, 5.41) is -0.980. The maximum absolute atomic E-state index is 11.5. The van der Waals surface area contributed by atoms with Crippen molar-refractivity contribution in [3.05, 3.63) is 34.9 Å². The SMILES string of the molecule is COC(=O)C(=O)C(Cl)c1ccc(C)c(C)c1. The molecule has 0 fully saturated rings. The van der Waals surface area contributed by atoms with E-state index in [4.69, 9.17) is 11.6 Å². The summed E-state index contributed by atoms with van der Waals surface area (Å²) in [5.74, 6) is -1.66. The van der Waals surface area contributed by atoms with Crippen LogP contribution >= 0.6 is 11.6 Å². The normalized spacial score (nSPS) is 12.0. The molecule has 0 amide bonds. The first-order valence-electron chi connectivity index (χ1n) is 4.80. The van der Waals surface area contributed by atoms with E-state index >= 15 is 0 Å². The third kappa shape index (κ3) is 2.61. The minimum Gasteiger partial charge on any atom is -0.463 e. The first-order valence-corrected chi connectivity index (χ1v) is 5.24. The van der Waals surface area contributed by atoms with Gasteiger partial charge in [0.25, 0.3) is 5.78 Å². The van der Waals surface area contributed by atoms with Gasteiger partial charge in [-0.2, -0.15) is 0 Å². The van der Waals surface area contributed by atoms with Crippen LogP contribution in [0.2, 0.25) is 0 Å². The van der Waals surface area contributed by atoms with E-state index in [-0.39, 0.29) is 0 Å². The molecule has 16 heavy (non-hydrogen) atoms. The minimum atomic E-state index is -0.980. The molecular formula is C12H13ClO3. The molecular weight excluding hydrogens is 228 g/mol. The third-order valence-corrected chi connectivity index (χ3v) is 2.89. The van der Waals surface area contributed by atoms with Crippen LogP contribution in [-0.4, -0.2) is 18.9 Å². The first kappa shape index (κ1) is 12.7. The molecule has 1 aromatic carbocycles. The summed E-state index contributed by atoms with van der Waals surface area (Å²) in [6, 6.07) is 5.40. The van der Waals surface area contributed by atoms with Crippen LogP contribution in [0.15, 0.2) is 18.2 Å². The molecule has 0 spiro atoms. The van der Waals surface area contributed by atoms with Gasteiger partial charge in [-0.15, -0.1) is 11.6 Å². The third-order valence-electron chi connectivity index (χ3n) is 2.44. The molecule has 0 saturated carbocycles. The molecule has 1 atom stereocenters. The fraction of sp³-hybridized carbons (Fsp3) is 0.333. The van der Waals surface area contributed by atoms with E-state index in [1.54, 1.807) is 12.1 Å². The highest BCUT2D eigenvalue weighted by Gasteiger charge is 2.25. The van der Waals surface area contributed by atoms with E-state index in [1.807, 2.05) is 19.9 Å². The molecule has 0 aliphatic heterocycles. The Bertz CT molecular complexity index is 426. The quantitative estimate of drug-likeness (QED) is 0.463. The molecule has 0 N–H and O–H groups in total. The Morgan fingerprint density at radius 3 is 2.38 bits per heavy atom. The molecule has 0 heterocycles. The summed E-state index contributed by atoms with van der Waals surface area (Å²) in [6.07, 6.45) is 0.